The molecule has 1 fully saturated rings. The Bertz CT molecular complexity index is 880. The van der Waals surface area contributed by atoms with Crippen LogP contribution in [0.1, 0.15) is 38.8 Å². The second-order valence-electron chi connectivity index (χ2n) is 7.97. The molecule has 0 spiro atoms. The van der Waals surface area contributed by atoms with Gasteiger partial charge < -0.3 is 13.8 Å². The quantitative estimate of drug-likeness (QED) is 0.598. The fourth-order valence-corrected chi connectivity index (χ4v) is 3.43. The summed E-state index contributed by atoms with van der Waals surface area (Å²) in [6, 6.07) is 13.1. The van der Waals surface area contributed by atoms with Gasteiger partial charge in [-0.3, -0.25) is 0 Å². The van der Waals surface area contributed by atoms with Gasteiger partial charge in [-0.15, -0.1) is 0 Å². The van der Waals surface area contributed by atoms with E-state index in [0.717, 1.165) is 11.0 Å². The number of aromatic nitrogens is 1. The topological polar surface area (TPSA) is 23.4 Å². The summed E-state index contributed by atoms with van der Waals surface area (Å²) >= 11 is 0. The van der Waals surface area contributed by atoms with Crippen molar-refractivity contribution < 1.29 is 9.31 Å². The molecule has 3 aromatic rings. The van der Waals surface area contributed by atoms with E-state index in [1.54, 1.807) is 0 Å². The Kier molecular flexibility index (Phi) is 3.19. The number of rotatable bonds is 1. The molecule has 3 nitrogen and oxygen atoms in total. The van der Waals surface area contributed by atoms with Crippen LogP contribution in [-0.2, 0) is 9.31 Å². The fraction of sp³-hybridized carbons (Fsp3) is 0.400. The Morgan fingerprint density at radius 3 is 1.58 bits per heavy atom. The molecule has 2 aromatic carbocycles. The van der Waals surface area contributed by atoms with Crippen molar-refractivity contribution in [2.24, 2.45) is 0 Å². The van der Waals surface area contributed by atoms with Crippen LogP contribution >= 0.6 is 0 Å². The molecule has 4 heteroatoms. The van der Waals surface area contributed by atoms with Crippen LogP contribution in [0.4, 0.5) is 0 Å². The number of hydrogen-bond donors (Lipinski definition) is 0. The van der Waals surface area contributed by atoms with Gasteiger partial charge in [-0.2, -0.15) is 0 Å². The lowest BCUT2D eigenvalue weighted by atomic mass is 9.90. The van der Waals surface area contributed by atoms with E-state index in [-0.39, 0.29) is 11.2 Å². The van der Waals surface area contributed by atoms with Gasteiger partial charge in [-0.25, -0.2) is 0 Å². The van der Waals surface area contributed by atoms with Gasteiger partial charge in [0.25, 0.3) is 0 Å². The lowest BCUT2D eigenvalue weighted by Crippen LogP contribution is -2.41. The molecule has 2 heterocycles. The second kappa shape index (κ2) is 4.87. The molecule has 1 aromatic heterocycles. The molecule has 0 amide bonds. The summed E-state index contributed by atoms with van der Waals surface area (Å²) in [5, 5.41) is 2.51. The standard InChI is InChI=1S/C20H24BNO2/c1-13-7-9-17-15(11-13)16-12-14(2)8-10-18(16)22(17)21-23-19(3,4)20(5,6)24-21/h7-12H,1-6H3. The average molecular weight is 321 g/mol. The van der Waals surface area contributed by atoms with Crippen LogP contribution in [0, 0.1) is 13.8 Å². The van der Waals surface area contributed by atoms with Crippen LogP contribution in [0.3, 0.4) is 0 Å². The molecule has 1 aliphatic rings. The van der Waals surface area contributed by atoms with Gasteiger partial charge in [-0.05, 0) is 65.8 Å². The van der Waals surface area contributed by atoms with Crippen LogP contribution in [0.2, 0.25) is 0 Å². The van der Waals surface area contributed by atoms with E-state index in [2.05, 4.69) is 82.4 Å². The highest BCUT2D eigenvalue weighted by Gasteiger charge is 2.53. The Morgan fingerprint density at radius 2 is 1.17 bits per heavy atom. The van der Waals surface area contributed by atoms with Crippen molar-refractivity contribution in [1.29, 1.82) is 0 Å². The number of fused-ring (bicyclic) bond motifs is 3. The van der Waals surface area contributed by atoms with Crippen molar-refractivity contribution in [3.8, 4) is 0 Å². The molecule has 124 valence electrons. The third-order valence-electron chi connectivity index (χ3n) is 5.56. The zero-order valence-electron chi connectivity index (χ0n) is 15.3. The van der Waals surface area contributed by atoms with Crippen molar-refractivity contribution in [1.82, 2.24) is 4.48 Å². The van der Waals surface area contributed by atoms with Crippen molar-refractivity contribution in [3.05, 3.63) is 47.5 Å². The molecule has 24 heavy (non-hydrogen) atoms. The molecule has 0 N–H and O–H groups in total. The molecule has 0 atom stereocenters. The first-order chi connectivity index (χ1) is 11.2. The van der Waals surface area contributed by atoms with Crippen LogP contribution in [0.15, 0.2) is 36.4 Å². The highest BCUT2D eigenvalue weighted by molar-refractivity contribution is 6.47. The van der Waals surface area contributed by atoms with Crippen LogP contribution in [-0.4, -0.2) is 22.9 Å². The Labute approximate surface area is 143 Å². The lowest BCUT2D eigenvalue weighted by Gasteiger charge is -2.32. The molecule has 4 rings (SSSR count). The van der Waals surface area contributed by atoms with Crippen LogP contribution < -0.4 is 0 Å². The van der Waals surface area contributed by atoms with E-state index < -0.39 is 7.25 Å². The Hall–Kier alpha value is -1.78. The number of benzene rings is 2. The van der Waals surface area contributed by atoms with Crippen LogP contribution in [0.5, 0.6) is 0 Å². The van der Waals surface area contributed by atoms with E-state index in [0.29, 0.717) is 0 Å². The van der Waals surface area contributed by atoms with Crippen molar-refractivity contribution >= 4 is 29.1 Å². The summed E-state index contributed by atoms with van der Waals surface area (Å²) in [5.74, 6) is 0. The van der Waals surface area contributed by atoms with Crippen molar-refractivity contribution in [2.45, 2.75) is 52.7 Å². The zero-order chi connectivity index (χ0) is 17.3. The molecule has 0 unspecified atom stereocenters. The van der Waals surface area contributed by atoms with Crippen LogP contribution in [0.25, 0.3) is 21.8 Å². The summed E-state index contributed by atoms with van der Waals surface area (Å²) < 4.78 is 14.8. The van der Waals surface area contributed by atoms with Gasteiger partial charge >= 0.3 is 7.25 Å². The van der Waals surface area contributed by atoms with Gasteiger partial charge in [0.15, 0.2) is 0 Å². The first-order valence-corrected chi connectivity index (χ1v) is 8.56. The highest BCUT2D eigenvalue weighted by atomic mass is 16.7. The van der Waals surface area contributed by atoms with Gasteiger partial charge in [0.1, 0.15) is 0 Å². The van der Waals surface area contributed by atoms with E-state index in [1.165, 1.54) is 21.9 Å². The summed E-state index contributed by atoms with van der Waals surface area (Å²) in [7, 11) is -0.416. The first kappa shape index (κ1) is 15.7. The molecular weight excluding hydrogens is 297 g/mol. The van der Waals surface area contributed by atoms with E-state index >= 15 is 0 Å². The van der Waals surface area contributed by atoms with Gasteiger partial charge in [0.2, 0.25) is 0 Å². The summed E-state index contributed by atoms with van der Waals surface area (Å²) in [5.41, 5.74) is 4.12. The molecule has 1 aliphatic heterocycles. The minimum absolute atomic E-state index is 0.351. The average Bonchev–Trinajstić information content (AvgIpc) is 2.89. The maximum Gasteiger partial charge on any atom is 0.598 e. The van der Waals surface area contributed by atoms with Crippen molar-refractivity contribution in [3.63, 3.8) is 0 Å². The minimum Gasteiger partial charge on any atom is -0.384 e. The summed E-state index contributed by atoms with van der Waals surface area (Å²) in [4.78, 5) is 0. The fourth-order valence-electron chi connectivity index (χ4n) is 3.43. The Balaban J connectivity index is 2.01. The predicted molar refractivity (Wildman–Crippen MR) is 100 cm³/mol. The molecule has 0 bridgehead atoms. The predicted octanol–water partition coefficient (Wildman–Crippen LogP) is 4.85. The molecule has 0 radical (unpaired) electrons. The van der Waals surface area contributed by atoms with E-state index in [4.69, 9.17) is 9.31 Å². The second-order valence-corrected chi connectivity index (χ2v) is 7.97. The maximum absolute atomic E-state index is 6.33. The number of nitrogens with zero attached hydrogens (tertiary/aromatic N) is 1. The molecule has 0 aliphatic carbocycles. The minimum atomic E-state index is -0.416. The molecule has 0 saturated carbocycles. The SMILES string of the molecule is Cc1ccc2c(c1)c1cc(C)ccc1n2B1OC(C)(C)C(C)(C)O1. The monoisotopic (exact) mass is 321 g/mol. The van der Waals surface area contributed by atoms with Gasteiger partial charge in [0.05, 0.1) is 11.2 Å². The van der Waals surface area contributed by atoms with Gasteiger partial charge in [0, 0.05) is 21.8 Å². The highest BCUT2D eigenvalue weighted by Crippen LogP contribution is 2.40. The molecular formula is C20H24BNO2. The molecule has 1 saturated heterocycles. The van der Waals surface area contributed by atoms with E-state index in [1.807, 2.05) is 0 Å². The first-order valence-electron chi connectivity index (χ1n) is 8.56. The number of hydrogen-bond acceptors (Lipinski definition) is 2. The van der Waals surface area contributed by atoms with Gasteiger partial charge in [-0.1, -0.05) is 23.3 Å². The zero-order valence-corrected chi connectivity index (χ0v) is 15.3. The Morgan fingerprint density at radius 1 is 0.750 bits per heavy atom. The number of aryl methyl sites for hydroxylation is 2. The maximum atomic E-state index is 6.33. The summed E-state index contributed by atoms with van der Waals surface area (Å²) in [6.45, 7) is 12.6. The lowest BCUT2D eigenvalue weighted by molar-refractivity contribution is 0.00578. The van der Waals surface area contributed by atoms with Crippen molar-refractivity contribution in [2.75, 3.05) is 0 Å². The third-order valence-corrected chi connectivity index (χ3v) is 5.56. The smallest absolute Gasteiger partial charge is 0.384 e. The summed E-state index contributed by atoms with van der Waals surface area (Å²) in [6.07, 6.45) is 0. The normalized spacial score (nSPS) is 19.5. The largest absolute Gasteiger partial charge is 0.598 e. The van der Waals surface area contributed by atoms with E-state index in [9.17, 15) is 0 Å². The third kappa shape index (κ3) is 2.13.